The van der Waals surface area contributed by atoms with Gasteiger partial charge in [0.2, 0.25) is 0 Å². The average molecular weight is 578 g/mol. The van der Waals surface area contributed by atoms with Crippen LogP contribution in [0.15, 0.2) is 82.1 Å². The normalized spacial score (nSPS) is 18.9. The number of aromatic nitrogens is 2. The fourth-order valence-electron chi connectivity index (χ4n) is 4.41. The van der Waals surface area contributed by atoms with Gasteiger partial charge < -0.3 is 21.0 Å². The maximum absolute atomic E-state index is 13.0. The highest BCUT2D eigenvalue weighted by molar-refractivity contribution is 8.03. The molecule has 1 fully saturated rings. The summed E-state index contributed by atoms with van der Waals surface area (Å²) >= 11 is 2.45. The van der Waals surface area contributed by atoms with E-state index in [9.17, 15) is 19.5 Å². The number of rotatable bonds is 9. The lowest BCUT2D eigenvalue weighted by atomic mass is 9.94. The van der Waals surface area contributed by atoms with E-state index in [1.165, 1.54) is 23.8 Å². The number of pyridine rings is 1. The molecule has 1 saturated heterocycles. The van der Waals surface area contributed by atoms with Crippen molar-refractivity contribution in [3.63, 3.8) is 0 Å². The van der Waals surface area contributed by atoms with Gasteiger partial charge in [0.05, 0.1) is 6.04 Å². The molecule has 11 nitrogen and oxygen atoms in total. The molecule has 2 aliphatic rings. The van der Waals surface area contributed by atoms with Crippen molar-refractivity contribution >= 4 is 57.8 Å². The molecule has 204 valence electrons. The lowest BCUT2D eigenvalue weighted by molar-refractivity contribution is -0.688. The van der Waals surface area contributed by atoms with Gasteiger partial charge in [0, 0.05) is 33.7 Å². The molecule has 4 N–H and O–H groups in total. The summed E-state index contributed by atoms with van der Waals surface area (Å²) in [5, 5.41) is 18.1. The molecule has 0 unspecified atom stereocenters. The van der Waals surface area contributed by atoms with Crippen LogP contribution in [0.25, 0.3) is 6.08 Å². The number of benzene rings is 1. The number of hydrogen-bond acceptors (Lipinski definition) is 9. The maximum Gasteiger partial charge on any atom is 0.353 e. The van der Waals surface area contributed by atoms with Gasteiger partial charge in [-0.2, -0.15) is 0 Å². The minimum absolute atomic E-state index is 0.108. The Hall–Kier alpha value is -4.49. The van der Waals surface area contributed by atoms with Gasteiger partial charge in [0.15, 0.2) is 29.8 Å². The third-order valence-corrected chi connectivity index (χ3v) is 8.13. The van der Waals surface area contributed by atoms with Crippen molar-refractivity contribution in [1.29, 1.82) is 0 Å². The fraction of sp³-hybridized carbons (Fsp3) is 0.185. The number of allylic oxidation sites excluding steroid dienone is 1. The Morgan fingerprint density at radius 2 is 2.00 bits per heavy atom. The summed E-state index contributed by atoms with van der Waals surface area (Å²) < 4.78 is 2.07. The van der Waals surface area contributed by atoms with Crippen LogP contribution >= 0.6 is 23.1 Å². The van der Waals surface area contributed by atoms with Crippen LogP contribution in [-0.2, 0) is 25.8 Å². The van der Waals surface area contributed by atoms with Crippen molar-refractivity contribution in [2.45, 2.75) is 18.6 Å². The van der Waals surface area contributed by atoms with Gasteiger partial charge in [-0.05, 0) is 11.6 Å². The topological polar surface area (TPSA) is 151 Å². The molecule has 1 aromatic carbocycles. The Balaban J connectivity index is 1.29. The van der Waals surface area contributed by atoms with Crippen LogP contribution in [0.4, 0.5) is 5.13 Å². The van der Waals surface area contributed by atoms with Crippen LogP contribution in [0.3, 0.4) is 0 Å². The highest BCUT2D eigenvalue weighted by Crippen LogP contribution is 2.39. The second kappa shape index (κ2) is 11.7. The Morgan fingerprint density at radius 3 is 2.65 bits per heavy atom. The number of nitrogens with one attached hydrogen (secondary N) is 1. The largest absolute Gasteiger partial charge is 0.477 e. The number of anilines is 1. The number of β-lactam (4-membered cyclic amide) rings is 1. The van der Waals surface area contributed by atoms with Crippen molar-refractivity contribution in [3.8, 4) is 0 Å². The number of amides is 2. The van der Waals surface area contributed by atoms with Gasteiger partial charge in [0.1, 0.15) is 24.5 Å². The number of aliphatic carboxylic acids is 1. The van der Waals surface area contributed by atoms with Crippen molar-refractivity contribution in [3.05, 3.63) is 93.7 Å². The van der Waals surface area contributed by atoms with Gasteiger partial charge in [0.25, 0.3) is 11.8 Å². The van der Waals surface area contributed by atoms with E-state index in [-0.39, 0.29) is 22.2 Å². The van der Waals surface area contributed by atoms with E-state index >= 15 is 0 Å². The van der Waals surface area contributed by atoms with Crippen LogP contribution in [0.2, 0.25) is 0 Å². The first-order valence-corrected chi connectivity index (χ1v) is 14.0. The Labute approximate surface area is 237 Å². The molecule has 40 heavy (non-hydrogen) atoms. The number of nitrogen functional groups attached to an aromatic ring is 1. The number of carboxylic acid groups (broad SMARTS) is 1. The van der Waals surface area contributed by atoms with Crippen molar-refractivity contribution in [2.24, 2.45) is 5.16 Å². The van der Waals surface area contributed by atoms with Gasteiger partial charge in [-0.25, -0.2) is 14.3 Å². The number of thioether (sulfide) groups is 1. The van der Waals surface area contributed by atoms with E-state index in [0.29, 0.717) is 10.7 Å². The second-order valence-corrected chi connectivity index (χ2v) is 10.8. The maximum atomic E-state index is 13.0. The van der Waals surface area contributed by atoms with Gasteiger partial charge in [-0.3, -0.25) is 14.5 Å². The van der Waals surface area contributed by atoms with Gasteiger partial charge >= 0.3 is 5.97 Å². The summed E-state index contributed by atoms with van der Waals surface area (Å²) in [5.41, 5.74) is 7.67. The van der Waals surface area contributed by atoms with E-state index in [0.717, 1.165) is 29.0 Å². The minimum atomic E-state index is -1.22. The Morgan fingerprint density at radius 1 is 1.25 bits per heavy atom. The molecule has 2 aliphatic heterocycles. The standard InChI is InChI=1S/C27H24N6O5S2/c1-38-31-21(18-14-40-27(28)29-18)24(34)30-22-19-15-39-20(23(26(36)37)33(19)25(22)35)10-9-16-5-7-17(8-6-16)13-32-11-3-2-4-12-32/h2-12,14,19,22H,13,15H2,1H3,(H3-,28,29,30,34,36,37)/p+1/b10-9+,31-21+/t19-,22+/m1/s1. The molecular formula is C27H25N6O5S2+. The van der Waals surface area contributed by atoms with E-state index < -0.39 is 29.9 Å². The first kappa shape index (κ1) is 27.1. The molecule has 0 saturated carbocycles. The summed E-state index contributed by atoms with van der Waals surface area (Å²) in [4.78, 5) is 48.7. The van der Waals surface area contributed by atoms with E-state index in [1.54, 1.807) is 11.5 Å². The third kappa shape index (κ3) is 5.60. The molecule has 0 aliphatic carbocycles. The third-order valence-electron chi connectivity index (χ3n) is 6.30. The summed E-state index contributed by atoms with van der Waals surface area (Å²) in [7, 11) is 1.29. The first-order valence-electron chi connectivity index (χ1n) is 12.1. The number of thiazole rings is 1. The second-order valence-electron chi connectivity index (χ2n) is 8.87. The Bertz CT molecular complexity index is 1530. The average Bonchev–Trinajstić information content (AvgIpc) is 3.39. The minimum Gasteiger partial charge on any atom is -0.477 e. The van der Waals surface area contributed by atoms with Gasteiger partial charge in [-0.15, -0.1) is 23.1 Å². The molecule has 4 heterocycles. The lowest BCUT2D eigenvalue weighted by Gasteiger charge is -2.49. The number of carbonyl (C=O) groups is 3. The predicted octanol–water partition coefficient (Wildman–Crippen LogP) is 1.86. The van der Waals surface area contributed by atoms with Crippen LogP contribution in [0.1, 0.15) is 16.8 Å². The lowest BCUT2D eigenvalue weighted by Crippen LogP contribution is -2.72. The van der Waals surface area contributed by atoms with Crippen molar-refractivity contribution in [2.75, 3.05) is 18.6 Å². The monoisotopic (exact) mass is 577 g/mol. The number of oxime groups is 1. The SMILES string of the molecule is CO/N=C(/C(=O)N[C@@H]1C(=O)N2C(C(=O)O)=C(/C=C/c3ccc(C[n+]4ccccc4)cc3)SC[C@H]12)c1csc(N)n1. The first-order chi connectivity index (χ1) is 19.4. The molecule has 13 heteroatoms. The number of hydrogen-bond donors (Lipinski definition) is 3. The van der Waals surface area contributed by atoms with E-state index in [2.05, 4.69) is 20.0 Å². The number of nitrogens with zero attached hydrogens (tertiary/aromatic N) is 4. The fourth-order valence-corrected chi connectivity index (χ4v) is 6.13. The molecule has 3 aromatic rings. The molecule has 5 rings (SSSR count). The quantitative estimate of drug-likeness (QED) is 0.151. The molecule has 2 amide bonds. The Kier molecular flexibility index (Phi) is 7.94. The molecule has 0 spiro atoms. The predicted molar refractivity (Wildman–Crippen MR) is 151 cm³/mol. The summed E-state index contributed by atoms with van der Waals surface area (Å²) in [5.74, 6) is -2.00. The highest BCUT2D eigenvalue weighted by atomic mass is 32.2. The molecule has 0 bridgehead atoms. The van der Waals surface area contributed by atoms with Crippen LogP contribution < -0.4 is 15.6 Å². The van der Waals surface area contributed by atoms with Crippen LogP contribution in [0, 0.1) is 0 Å². The molecule has 0 radical (unpaired) electrons. The smallest absolute Gasteiger partial charge is 0.353 e. The van der Waals surface area contributed by atoms with Crippen LogP contribution in [-0.4, -0.2) is 63.4 Å². The highest BCUT2D eigenvalue weighted by Gasteiger charge is 2.54. The zero-order valence-electron chi connectivity index (χ0n) is 21.3. The number of carbonyl (C=O) groups excluding carboxylic acids is 2. The summed E-state index contributed by atoms with van der Waals surface area (Å²) in [6, 6.07) is 12.4. The number of nitrogens with two attached hydrogens (primary N) is 1. The van der Waals surface area contributed by atoms with Crippen molar-refractivity contribution < 1.29 is 28.9 Å². The molecule has 2 aromatic heterocycles. The summed E-state index contributed by atoms with van der Waals surface area (Å²) in [6.07, 6.45) is 7.53. The number of fused-ring (bicyclic) bond motifs is 1. The summed E-state index contributed by atoms with van der Waals surface area (Å²) in [6.45, 7) is 0.738. The van der Waals surface area contributed by atoms with E-state index in [4.69, 9.17) is 10.6 Å². The van der Waals surface area contributed by atoms with E-state index in [1.807, 2.05) is 60.9 Å². The zero-order chi connectivity index (χ0) is 28.2. The molecule has 2 atom stereocenters. The van der Waals surface area contributed by atoms with Crippen molar-refractivity contribution in [1.82, 2.24) is 15.2 Å². The van der Waals surface area contributed by atoms with Gasteiger partial charge in [-0.1, -0.05) is 41.6 Å². The van der Waals surface area contributed by atoms with Crippen LogP contribution in [0.5, 0.6) is 0 Å². The zero-order valence-corrected chi connectivity index (χ0v) is 22.9. The number of carboxylic acids is 1. The molecular weight excluding hydrogens is 552 g/mol.